The zero-order valence-corrected chi connectivity index (χ0v) is 11.5. The maximum Gasteiger partial charge on any atom is 0.137 e. The first-order valence-corrected chi connectivity index (χ1v) is 6.32. The van der Waals surface area contributed by atoms with Crippen LogP contribution < -0.4 is 10.5 Å². The van der Waals surface area contributed by atoms with E-state index in [0.29, 0.717) is 16.8 Å². The molecule has 0 saturated carbocycles. The molecule has 0 amide bonds. The van der Waals surface area contributed by atoms with Gasteiger partial charge >= 0.3 is 0 Å². The maximum atomic E-state index is 13.1. The second kappa shape index (κ2) is 5.50. The lowest BCUT2D eigenvalue weighted by Gasteiger charge is -2.13. The molecular formula is C14H13BrFNO. The molecule has 2 rings (SSSR count). The van der Waals surface area contributed by atoms with E-state index < -0.39 is 0 Å². The predicted octanol–water partition coefficient (Wildman–Crippen LogP) is 4.15. The van der Waals surface area contributed by atoms with E-state index in [-0.39, 0.29) is 5.82 Å². The zero-order valence-electron chi connectivity index (χ0n) is 9.91. The third kappa shape index (κ3) is 2.71. The van der Waals surface area contributed by atoms with Crippen LogP contribution in [-0.2, 0) is 6.54 Å². The standard InChI is InChI=1S/C14H13BrFNO/c1-9-3-2-4-10(8-17)14(9)18-11-5-6-13(16)12(15)7-11/h2-7H,8,17H2,1H3. The molecule has 2 aromatic carbocycles. The summed E-state index contributed by atoms with van der Waals surface area (Å²) in [5, 5.41) is 0. The normalized spacial score (nSPS) is 10.4. The Morgan fingerprint density at radius 1 is 1.28 bits per heavy atom. The first-order chi connectivity index (χ1) is 8.61. The number of benzene rings is 2. The zero-order chi connectivity index (χ0) is 13.1. The molecule has 0 aromatic heterocycles. The van der Waals surface area contributed by atoms with Crippen molar-refractivity contribution in [1.82, 2.24) is 0 Å². The van der Waals surface area contributed by atoms with Crippen LogP contribution in [0, 0.1) is 12.7 Å². The monoisotopic (exact) mass is 309 g/mol. The Labute approximate surface area is 114 Å². The highest BCUT2D eigenvalue weighted by atomic mass is 79.9. The first kappa shape index (κ1) is 13.1. The summed E-state index contributed by atoms with van der Waals surface area (Å²) in [6.45, 7) is 2.35. The molecule has 0 aliphatic heterocycles. The van der Waals surface area contributed by atoms with Gasteiger partial charge in [0, 0.05) is 12.1 Å². The number of ether oxygens (including phenoxy) is 1. The molecule has 2 aromatic rings. The van der Waals surface area contributed by atoms with Crippen LogP contribution in [0.5, 0.6) is 11.5 Å². The van der Waals surface area contributed by atoms with Crippen LogP contribution >= 0.6 is 15.9 Å². The number of para-hydroxylation sites is 1. The molecule has 0 aliphatic rings. The fourth-order valence-corrected chi connectivity index (χ4v) is 2.04. The molecule has 0 heterocycles. The molecule has 2 N–H and O–H groups in total. The molecule has 0 atom stereocenters. The Balaban J connectivity index is 2.36. The molecule has 2 nitrogen and oxygen atoms in total. The van der Waals surface area contributed by atoms with E-state index in [1.54, 1.807) is 12.1 Å². The third-order valence-corrected chi connectivity index (χ3v) is 3.23. The van der Waals surface area contributed by atoms with Crippen molar-refractivity contribution in [2.75, 3.05) is 0 Å². The second-order valence-electron chi connectivity index (χ2n) is 3.95. The van der Waals surface area contributed by atoms with Gasteiger partial charge in [0.2, 0.25) is 0 Å². The van der Waals surface area contributed by atoms with Gasteiger partial charge < -0.3 is 10.5 Å². The average Bonchev–Trinajstić information content (AvgIpc) is 2.36. The van der Waals surface area contributed by atoms with Gasteiger partial charge in [-0.05, 0) is 46.6 Å². The number of rotatable bonds is 3. The molecule has 0 bridgehead atoms. The van der Waals surface area contributed by atoms with Gasteiger partial charge in [0.05, 0.1) is 4.47 Å². The Morgan fingerprint density at radius 2 is 2.06 bits per heavy atom. The number of halogens is 2. The largest absolute Gasteiger partial charge is 0.457 e. The van der Waals surface area contributed by atoms with Crippen molar-refractivity contribution < 1.29 is 9.13 Å². The molecule has 18 heavy (non-hydrogen) atoms. The van der Waals surface area contributed by atoms with E-state index >= 15 is 0 Å². The van der Waals surface area contributed by atoms with Crippen LogP contribution in [-0.4, -0.2) is 0 Å². The lowest BCUT2D eigenvalue weighted by Crippen LogP contribution is -2.00. The molecule has 0 radical (unpaired) electrons. The van der Waals surface area contributed by atoms with Crippen molar-refractivity contribution in [1.29, 1.82) is 0 Å². The highest BCUT2D eigenvalue weighted by Gasteiger charge is 2.08. The minimum Gasteiger partial charge on any atom is -0.457 e. The molecule has 0 unspecified atom stereocenters. The summed E-state index contributed by atoms with van der Waals surface area (Å²) in [4.78, 5) is 0. The van der Waals surface area contributed by atoms with Crippen LogP contribution in [0.15, 0.2) is 40.9 Å². The molecule has 0 fully saturated rings. The number of nitrogens with two attached hydrogens (primary N) is 1. The summed E-state index contributed by atoms with van der Waals surface area (Å²) in [5.74, 6) is 0.997. The van der Waals surface area contributed by atoms with Crippen LogP contribution in [0.4, 0.5) is 4.39 Å². The summed E-state index contributed by atoms with van der Waals surface area (Å²) < 4.78 is 19.3. The summed E-state index contributed by atoms with van der Waals surface area (Å²) >= 11 is 3.13. The molecule has 94 valence electrons. The highest BCUT2D eigenvalue weighted by molar-refractivity contribution is 9.10. The topological polar surface area (TPSA) is 35.2 Å². The van der Waals surface area contributed by atoms with Gasteiger partial charge in [-0.15, -0.1) is 0 Å². The van der Waals surface area contributed by atoms with Gasteiger partial charge in [0.25, 0.3) is 0 Å². The van der Waals surface area contributed by atoms with Crippen LogP contribution in [0.2, 0.25) is 0 Å². The minimum atomic E-state index is -0.314. The van der Waals surface area contributed by atoms with Gasteiger partial charge in [-0.25, -0.2) is 4.39 Å². The second-order valence-corrected chi connectivity index (χ2v) is 4.80. The van der Waals surface area contributed by atoms with Crippen molar-refractivity contribution in [2.24, 2.45) is 5.73 Å². The van der Waals surface area contributed by atoms with Crippen LogP contribution in [0.1, 0.15) is 11.1 Å². The quantitative estimate of drug-likeness (QED) is 0.924. The Kier molecular flexibility index (Phi) is 3.99. The van der Waals surface area contributed by atoms with E-state index in [1.807, 2.05) is 25.1 Å². The van der Waals surface area contributed by atoms with Crippen LogP contribution in [0.25, 0.3) is 0 Å². The molecular weight excluding hydrogens is 297 g/mol. The van der Waals surface area contributed by atoms with Crippen molar-refractivity contribution in [3.8, 4) is 11.5 Å². The number of aryl methyl sites for hydroxylation is 1. The summed E-state index contributed by atoms with van der Waals surface area (Å²) in [7, 11) is 0. The van der Waals surface area contributed by atoms with Gasteiger partial charge in [-0.1, -0.05) is 18.2 Å². The van der Waals surface area contributed by atoms with Gasteiger partial charge in [0.1, 0.15) is 17.3 Å². The van der Waals surface area contributed by atoms with E-state index in [1.165, 1.54) is 6.07 Å². The van der Waals surface area contributed by atoms with E-state index in [0.717, 1.165) is 16.9 Å². The Bertz CT molecular complexity index is 572. The lowest BCUT2D eigenvalue weighted by atomic mass is 10.1. The third-order valence-electron chi connectivity index (χ3n) is 2.62. The van der Waals surface area contributed by atoms with Crippen molar-refractivity contribution >= 4 is 15.9 Å². The average molecular weight is 310 g/mol. The van der Waals surface area contributed by atoms with Crippen molar-refractivity contribution in [2.45, 2.75) is 13.5 Å². The molecule has 0 spiro atoms. The fraction of sp³-hybridized carbons (Fsp3) is 0.143. The summed E-state index contributed by atoms with van der Waals surface area (Å²) in [6, 6.07) is 10.4. The lowest BCUT2D eigenvalue weighted by molar-refractivity contribution is 0.470. The molecule has 4 heteroatoms. The minimum absolute atomic E-state index is 0.314. The Hall–Kier alpha value is -1.39. The summed E-state index contributed by atoms with van der Waals surface area (Å²) in [5.41, 5.74) is 7.60. The van der Waals surface area contributed by atoms with Crippen molar-refractivity contribution in [3.05, 3.63) is 57.8 Å². The van der Waals surface area contributed by atoms with E-state index in [2.05, 4.69) is 15.9 Å². The van der Waals surface area contributed by atoms with Gasteiger partial charge in [0.15, 0.2) is 0 Å². The SMILES string of the molecule is Cc1cccc(CN)c1Oc1ccc(F)c(Br)c1. The van der Waals surface area contributed by atoms with Crippen molar-refractivity contribution in [3.63, 3.8) is 0 Å². The molecule has 0 aliphatic carbocycles. The predicted molar refractivity (Wildman–Crippen MR) is 73.2 cm³/mol. The number of hydrogen-bond donors (Lipinski definition) is 1. The van der Waals surface area contributed by atoms with E-state index in [4.69, 9.17) is 10.5 Å². The Morgan fingerprint density at radius 3 is 2.72 bits per heavy atom. The first-order valence-electron chi connectivity index (χ1n) is 5.53. The fourth-order valence-electron chi connectivity index (χ4n) is 1.68. The van der Waals surface area contributed by atoms with Crippen LogP contribution in [0.3, 0.4) is 0 Å². The van der Waals surface area contributed by atoms with E-state index in [9.17, 15) is 4.39 Å². The summed E-state index contributed by atoms with van der Waals surface area (Å²) in [6.07, 6.45) is 0. The number of hydrogen-bond acceptors (Lipinski definition) is 2. The van der Waals surface area contributed by atoms with Gasteiger partial charge in [-0.2, -0.15) is 0 Å². The van der Waals surface area contributed by atoms with Gasteiger partial charge in [-0.3, -0.25) is 0 Å². The molecule has 0 saturated heterocycles. The highest BCUT2D eigenvalue weighted by Crippen LogP contribution is 2.31. The maximum absolute atomic E-state index is 13.1. The smallest absolute Gasteiger partial charge is 0.137 e.